The van der Waals surface area contributed by atoms with Crippen molar-refractivity contribution in [2.24, 2.45) is 0 Å². The summed E-state index contributed by atoms with van der Waals surface area (Å²) in [5.41, 5.74) is 1.75. The highest BCUT2D eigenvalue weighted by Gasteiger charge is 2.16. The van der Waals surface area contributed by atoms with Crippen molar-refractivity contribution in [3.05, 3.63) is 75.1 Å². The molecule has 4 rings (SSSR count). The van der Waals surface area contributed by atoms with Crippen molar-refractivity contribution < 1.29 is 8.91 Å². The summed E-state index contributed by atoms with van der Waals surface area (Å²) in [6.45, 7) is 4.19. The first kappa shape index (κ1) is 19.7. The zero-order chi connectivity index (χ0) is 20.1. The Kier molecular flexibility index (Phi) is 6.15. The third-order valence-corrected chi connectivity index (χ3v) is 4.32. The Morgan fingerprint density at radius 1 is 1.21 bits per heavy atom. The van der Waals surface area contributed by atoms with Crippen molar-refractivity contribution in [2.75, 3.05) is 0 Å². The molecule has 3 aromatic heterocycles. The zero-order valence-electron chi connectivity index (χ0n) is 15.2. The SMILES string of the molecule is CC.O=c1[nH]c(-c2cc(-c3ccon3)n(Cc3ccccc3F)n2)ncc1Br. The summed E-state index contributed by atoms with van der Waals surface area (Å²) in [7, 11) is 0. The van der Waals surface area contributed by atoms with Crippen molar-refractivity contribution in [3.63, 3.8) is 0 Å². The second-order valence-electron chi connectivity index (χ2n) is 5.46. The third-order valence-electron chi connectivity index (χ3n) is 3.76. The minimum absolute atomic E-state index is 0.190. The van der Waals surface area contributed by atoms with Gasteiger partial charge in [0.05, 0.1) is 12.2 Å². The normalized spacial score (nSPS) is 10.4. The number of hydrogen-bond donors (Lipinski definition) is 1. The molecule has 28 heavy (non-hydrogen) atoms. The highest BCUT2D eigenvalue weighted by atomic mass is 79.9. The lowest BCUT2D eigenvalue weighted by Gasteiger charge is -2.06. The van der Waals surface area contributed by atoms with Gasteiger partial charge >= 0.3 is 0 Å². The molecule has 0 unspecified atom stereocenters. The van der Waals surface area contributed by atoms with Crippen LogP contribution in [0.5, 0.6) is 0 Å². The van der Waals surface area contributed by atoms with Crippen molar-refractivity contribution in [1.82, 2.24) is 24.9 Å². The van der Waals surface area contributed by atoms with Crippen molar-refractivity contribution in [2.45, 2.75) is 20.4 Å². The Labute approximate surface area is 168 Å². The van der Waals surface area contributed by atoms with Gasteiger partial charge in [0.15, 0.2) is 5.82 Å². The van der Waals surface area contributed by atoms with Crippen molar-refractivity contribution in [1.29, 1.82) is 0 Å². The molecular formula is C19H17BrFN5O2. The van der Waals surface area contributed by atoms with E-state index in [1.54, 1.807) is 35.0 Å². The largest absolute Gasteiger partial charge is 0.364 e. The molecule has 0 bridgehead atoms. The molecule has 4 aromatic rings. The number of H-pyrrole nitrogens is 1. The summed E-state index contributed by atoms with van der Waals surface area (Å²) in [5.74, 6) is -0.0268. The van der Waals surface area contributed by atoms with E-state index < -0.39 is 0 Å². The summed E-state index contributed by atoms with van der Waals surface area (Å²) < 4.78 is 20.9. The average Bonchev–Trinajstić information content (AvgIpc) is 3.37. The van der Waals surface area contributed by atoms with E-state index in [0.29, 0.717) is 32.9 Å². The summed E-state index contributed by atoms with van der Waals surface area (Å²) >= 11 is 3.11. The van der Waals surface area contributed by atoms with E-state index in [-0.39, 0.29) is 17.9 Å². The molecule has 0 amide bonds. The predicted molar refractivity (Wildman–Crippen MR) is 106 cm³/mol. The standard InChI is InChI=1S/C17H11BrFN5O2.C2H6/c18-11-8-20-16(21-17(11)25)14-7-15(13-5-6-26-23-13)24(22-14)9-10-3-1-2-4-12(10)19;1-2/h1-8H,9H2,(H,20,21,25);1-2H3. The molecule has 0 aliphatic carbocycles. The number of benzene rings is 1. The Balaban J connectivity index is 0.00000109. The predicted octanol–water partition coefficient (Wildman–Crippen LogP) is 4.26. The van der Waals surface area contributed by atoms with Crippen molar-refractivity contribution >= 4 is 15.9 Å². The molecule has 0 fully saturated rings. The molecule has 9 heteroatoms. The average molecular weight is 446 g/mol. The van der Waals surface area contributed by atoms with Crippen LogP contribution in [0.3, 0.4) is 0 Å². The molecule has 0 aliphatic heterocycles. The monoisotopic (exact) mass is 445 g/mol. The van der Waals surface area contributed by atoms with Gasteiger partial charge in [0, 0.05) is 17.8 Å². The molecule has 0 saturated carbocycles. The van der Waals surface area contributed by atoms with E-state index in [0.717, 1.165) is 0 Å². The number of halogens is 2. The van der Waals surface area contributed by atoms with Gasteiger partial charge in [-0.1, -0.05) is 37.2 Å². The maximum atomic E-state index is 14.0. The Hall–Kier alpha value is -3.07. The third kappa shape index (κ3) is 4.09. The first-order chi connectivity index (χ1) is 13.6. The van der Waals surface area contributed by atoms with Gasteiger partial charge in [-0.15, -0.1) is 0 Å². The molecule has 0 aliphatic rings. The van der Waals surface area contributed by atoms with E-state index in [9.17, 15) is 9.18 Å². The molecule has 3 heterocycles. The van der Waals surface area contributed by atoms with E-state index in [2.05, 4.69) is 36.2 Å². The van der Waals surface area contributed by atoms with E-state index in [1.165, 1.54) is 18.5 Å². The topological polar surface area (TPSA) is 89.6 Å². The fraction of sp³-hybridized carbons (Fsp3) is 0.158. The number of nitrogens with zero attached hydrogens (tertiary/aromatic N) is 4. The van der Waals surface area contributed by atoms with Crippen LogP contribution in [0, 0.1) is 5.82 Å². The van der Waals surface area contributed by atoms with Gasteiger partial charge in [-0.2, -0.15) is 5.10 Å². The van der Waals surface area contributed by atoms with Crippen LogP contribution in [0.4, 0.5) is 4.39 Å². The first-order valence-corrected chi connectivity index (χ1v) is 9.38. The van der Waals surface area contributed by atoms with Crippen LogP contribution in [0.1, 0.15) is 19.4 Å². The van der Waals surface area contributed by atoms with Gasteiger partial charge < -0.3 is 9.51 Å². The lowest BCUT2D eigenvalue weighted by molar-refractivity contribution is 0.421. The maximum absolute atomic E-state index is 14.0. The summed E-state index contributed by atoms with van der Waals surface area (Å²) in [5, 5.41) is 8.38. The van der Waals surface area contributed by atoms with E-state index in [4.69, 9.17) is 4.52 Å². The smallest absolute Gasteiger partial charge is 0.265 e. The van der Waals surface area contributed by atoms with Crippen LogP contribution >= 0.6 is 15.9 Å². The molecule has 0 radical (unpaired) electrons. The Morgan fingerprint density at radius 3 is 2.68 bits per heavy atom. The molecule has 0 spiro atoms. The number of hydrogen-bond acceptors (Lipinski definition) is 5. The van der Waals surface area contributed by atoms with E-state index in [1.807, 2.05) is 13.8 Å². The number of aromatic amines is 1. The lowest BCUT2D eigenvalue weighted by atomic mass is 10.2. The summed E-state index contributed by atoms with van der Waals surface area (Å²) in [6.07, 6.45) is 2.84. The van der Waals surface area contributed by atoms with E-state index >= 15 is 0 Å². The van der Waals surface area contributed by atoms with Gasteiger partial charge in [-0.25, -0.2) is 9.37 Å². The van der Waals surface area contributed by atoms with Crippen molar-refractivity contribution in [3.8, 4) is 22.9 Å². The summed E-state index contributed by atoms with van der Waals surface area (Å²) in [6, 6.07) is 9.85. The molecule has 1 aromatic carbocycles. The van der Waals surface area contributed by atoms with Crippen LogP contribution in [-0.2, 0) is 6.54 Å². The number of nitrogens with one attached hydrogen (secondary N) is 1. The van der Waals surface area contributed by atoms with Gasteiger partial charge in [-0.05, 0) is 28.1 Å². The molecule has 0 saturated heterocycles. The fourth-order valence-electron chi connectivity index (χ4n) is 2.50. The number of rotatable bonds is 4. The first-order valence-electron chi connectivity index (χ1n) is 8.59. The molecule has 144 valence electrons. The molecule has 7 nitrogen and oxygen atoms in total. The quantitative estimate of drug-likeness (QED) is 0.506. The van der Waals surface area contributed by atoms with Gasteiger partial charge in [-0.3, -0.25) is 9.48 Å². The van der Waals surface area contributed by atoms with Gasteiger partial charge in [0.1, 0.15) is 27.9 Å². The minimum atomic E-state index is -0.328. The molecule has 1 N–H and O–H groups in total. The molecular weight excluding hydrogens is 429 g/mol. The second kappa shape index (κ2) is 8.75. The highest BCUT2D eigenvalue weighted by Crippen LogP contribution is 2.24. The van der Waals surface area contributed by atoms with Crippen LogP contribution < -0.4 is 5.56 Å². The number of aromatic nitrogens is 5. The van der Waals surface area contributed by atoms with Crippen LogP contribution in [0.15, 0.2) is 62.6 Å². The lowest BCUT2D eigenvalue weighted by Crippen LogP contribution is -2.09. The minimum Gasteiger partial charge on any atom is -0.364 e. The van der Waals surface area contributed by atoms with Gasteiger partial charge in [0.2, 0.25) is 0 Å². The molecule has 0 atom stereocenters. The highest BCUT2D eigenvalue weighted by molar-refractivity contribution is 9.10. The van der Waals surface area contributed by atoms with Crippen LogP contribution in [-0.4, -0.2) is 24.9 Å². The zero-order valence-corrected chi connectivity index (χ0v) is 16.8. The maximum Gasteiger partial charge on any atom is 0.265 e. The Bertz CT molecular complexity index is 1120. The van der Waals surface area contributed by atoms with Crippen LogP contribution in [0.2, 0.25) is 0 Å². The fourth-order valence-corrected chi connectivity index (χ4v) is 2.70. The Morgan fingerprint density at radius 2 is 2.00 bits per heavy atom. The second-order valence-corrected chi connectivity index (χ2v) is 6.31. The summed E-state index contributed by atoms with van der Waals surface area (Å²) in [4.78, 5) is 18.6. The van der Waals surface area contributed by atoms with Gasteiger partial charge in [0.25, 0.3) is 5.56 Å². The van der Waals surface area contributed by atoms with Crippen LogP contribution in [0.25, 0.3) is 22.9 Å².